The molecule has 1 saturated heterocycles. The van der Waals surface area contributed by atoms with E-state index in [4.69, 9.17) is 4.74 Å². The summed E-state index contributed by atoms with van der Waals surface area (Å²) >= 11 is 0. The van der Waals surface area contributed by atoms with Crippen LogP contribution in [0.2, 0.25) is 0 Å². The molecule has 0 spiro atoms. The number of rotatable bonds is 5. The van der Waals surface area contributed by atoms with Crippen molar-refractivity contribution in [1.82, 2.24) is 15.1 Å². The van der Waals surface area contributed by atoms with Crippen molar-refractivity contribution in [2.75, 3.05) is 39.3 Å². The number of carbonyl (C=O) groups excluding carboxylic acids is 2. The Balaban J connectivity index is 2.26. The van der Waals surface area contributed by atoms with Crippen molar-refractivity contribution in [3.63, 3.8) is 0 Å². The van der Waals surface area contributed by atoms with Crippen LogP contribution in [-0.2, 0) is 9.53 Å². The van der Waals surface area contributed by atoms with E-state index in [0.29, 0.717) is 39.3 Å². The average molecular weight is 271 g/mol. The van der Waals surface area contributed by atoms with Gasteiger partial charge in [-0.25, -0.2) is 4.79 Å². The lowest BCUT2D eigenvalue weighted by Crippen LogP contribution is -2.51. The highest BCUT2D eigenvalue weighted by Gasteiger charge is 2.23. The fourth-order valence-electron chi connectivity index (χ4n) is 1.93. The van der Waals surface area contributed by atoms with Crippen LogP contribution >= 0.6 is 0 Å². The Labute approximate surface area is 115 Å². The first kappa shape index (κ1) is 15.8. The molecule has 1 N–H and O–H groups in total. The third-order valence-electron chi connectivity index (χ3n) is 3.29. The molecule has 6 nitrogen and oxygen atoms in total. The van der Waals surface area contributed by atoms with Crippen LogP contribution in [0.3, 0.4) is 0 Å². The van der Waals surface area contributed by atoms with E-state index in [1.807, 2.05) is 13.8 Å². The summed E-state index contributed by atoms with van der Waals surface area (Å²) in [7, 11) is 0. The normalized spacial score (nSPS) is 17.9. The van der Waals surface area contributed by atoms with Gasteiger partial charge < -0.3 is 15.0 Å². The molecule has 19 heavy (non-hydrogen) atoms. The summed E-state index contributed by atoms with van der Waals surface area (Å²) in [5.74, 6) is 0.0546. The minimum atomic E-state index is -0.258. The quantitative estimate of drug-likeness (QED) is 0.798. The van der Waals surface area contributed by atoms with E-state index in [2.05, 4.69) is 10.2 Å². The SMILES string of the molecule is CCOC(=O)N1CCN(CC(=O)NC(C)CC)CC1. The molecule has 0 radical (unpaired) electrons. The third-order valence-corrected chi connectivity index (χ3v) is 3.29. The van der Waals surface area contributed by atoms with Crippen molar-refractivity contribution in [2.45, 2.75) is 33.2 Å². The van der Waals surface area contributed by atoms with Gasteiger partial charge >= 0.3 is 6.09 Å². The second-order valence-corrected chi connectivity index (χ2v) is 4.84. The van der Waals surface area contributed by atoms with Crippen LogP contribution in [-0.4, -0.2) is 67.2 Å². The molecule has 1 unspecified atom stereocenters. The van der Waals surface area contributed by atoms with Gasteiger partial charge in [-0.3, -0.25) is 9.69 Å². The number of nitrogens with one attached hydrogen (secondary N) is 1. The fourth-order valence-corrected chi connectivity index (χ4v) is 1.93. The molecular formula is C13H25N3O3. The molecule has 0 aromatic carbocycles. The molecule has 1 aliphatic heterocycles. The van der Waals surface area contributed by atoms with Gasteiger partial charge in [-0.2, -0.15) is 0 Å². The number of hydrogen-bond acceptors (Lipinski definition) is 4. The first-order valence-electron chi connectivity index (χ1n) is 7.00. The van der Waals surface area contributed by atoms with Crippen molar-refractivity contribution in [3.05, 3.63) is 0 Å². The van der Waals surface area contributed by atoms with Crippen LogP contribution < -0.4 is 5.32 Å². The molecule has 1 rings (SSSR count). The van der Waals surface area contributed by atoms with Crippen LogP contribution in [0.4, 0.5) is 4.79 Å². The lowest BCUT2D eigenvalue weighted by molar-refractivity contribution is -0.123. The molecule has 0 aromatic heterocycles. The van der Waals surface area contributed by atoms with Gasteiger partial charge in [-0.05, 0) is 20.3 Å². The second-order valence-electron chi connectivity index (χ2n) is 4.84. The van der Waals surface area contributed by atoms with E-state index in [9.17, 15) is 9.59 Å². The van der Waals surface area contributed by atoms with Gasteiger partial charge in [0.05, 0.1) is 13.2 Å². The predicted molar refractivity (Wildman–Crippen MR) is 72.9 cm³/mol. The summed E-state index contributed by atoms with van der Waals surface area (Å²) in [4.78, 5) is 27.0. The lowest BCUT2D eigenvalue weighted by Gasteiger charge is -2.33. The number of nitrogens with zero attached hydrogens (tertiary/aromatic N) is 2. The Kier molecular flexibility index (Phi) is 6.62. The van der Waals surface area contributed by atoms with E-state index in [1.54, 1.807) is 11.8 Å². The fraction of sp³-hybridized carbons (Fsp3) is 0.846. The highest BCUT2D eigenvalue weighted by Crippen LogP contribution is 2.03. The number of amides is 2. The van der Waals surface area contributed by atoms with Gasteiger partial charge in [0.15, 0.2) is 0 Å². The summed E-state index contributed by atoms with van der Waals surface area (Å²) < 4.78 is 4.95. The van der Waals surface area contributed by atoms with Crippen LogP contribution in [0, 0.1) is 0 Å². The van der Waals surface area contributed by atoms with Gasteiger partial charge in [0.25, 0.3) is 0 Å². The van der Waals surface area contributed by atoms with Crippen molar-refractivity contribution >= 4 is 12.0 Å². The average Bonchev–Trinajstić information content (AvgIpc) is 2.39. The maximum absolute atomic E-state index is 11.7. The highest BCUT2D eigenvalue weighted by atomic mass is 16.6. The monoisotopic (exact) mass is 271 g/mol. The molecule has 2 amide bonds. The van der Waals surface area contributed by atoms with Gasteiger partial charge in [0, 0.05) is 32.2 Å². The molecule has 1 heterocycles. The number of hydrogen-bond donors (Lipinski definition) is 1. The predicted octanol–water partition coefficient (Wildman–Crippen LogP) is 0.675. The molecule has 0 aliphatic carbocycles. The summed E-state index contributed by atoms with van der Waals surface area (Å²) in [6, 6.07) is 0.216. The van der Waals surface area contributed by atoms with Gasteiger partial charge in [-0.1, -0.05) is 6.92 Å². The molecule has 0 aromatic rings. The van der Waals surface area contributed by atoms with Crippen LogP contribution in [0.25, 0.3) is 0 Å². The second kappa shape index (κ2) is 7.99. The van der Waals surface area contributed by atoms with Crippen LogP contribution in [0.5, 0.6) is 0 Å². The van der Waals surface area contributed by atoms with Crippen molar-refractivity contribution in [2.24, 2.45) is 0 Å². The third kappa shape index (κ3) is 5.46. The van der Waals surface area contributed by atoms with Crippen molar-refractivity contribution in [3.8, 4) is 0 Å². The Morgan fingerprint density at radius 1 is 1.21 bits per heavy atom. The molecule has 0 saturated carbocycles. The van der Waals surface area contributed by atoms with E-state index in [1.165, 1.54) is 0 Å². The minimum Gasteiger partial charge on any atom is -0.450 e. The first-order valence-corrected chi connectivity index (χ1v) is 7.00. The lowest BCUT2D eigenvalue weighted by atomic mass is 10.2. The maximum atomic E-state index is 11.7. The molecule has 1 fully saturated rings. The van der Waals surface area contributed by atoms with Crippen LogP contribution in [0.15, 0.2) is 0 Å². The number of ether oxygens (including phenoxy) is 1. The highest BCUT2D eigenvalue weighted by molar-refractivity contribution is 5.78. The van der Waals surface area contributed by atoms with E-state index in [-0.39, 0.29) is 18.0 Å². The van der Waals surface area contributed by atoms with Crippen molar-refractivity contribution < 1.29 is 14.3 Å². The molecular weight excluding hydrogens is 246 g/mol. The Morgan fingerprint density at radius 2 is 1.84 bits per heavy atom. The molecule has 0 bridgehead atoms. The van der Waals surface area contributed by atoms with E-state index < -0.39 is 0 Å². The molecule has 6 heteroatoms. The summed E-state index contributed by atoms with van der Waals surface area (Å²) in [5.41, 5.74) is 0. The largest absolute Gasteiger partial charge is 0.450 e. The summed E-state index contributed by atoms with van der Waals surface area (Å²) in [6.07, 6.45) is 0.675. The number of piperazine rings is 1. The van der Waals surface area contributed by atoms with Crippen molar-refractivity contribution in [1.29, 1.82) is 0 Å². The minimum absolute atomic E-state index is 0.0546. The van der Waals surface area contributed by atoms with E-state index >= 15 is 0 Å². The van der Waals surface area contributed by atoms with Gasteiger partial charge in [0.1, 0.15) is 0 Å². The first-order chi connectivity index (χ1) is 9.06. The summed E-state index contributed by atoms with van der Waals surface area (Å²) in [6.45, 7) is 9.31. The molecule has 110 valence electrons. The molecule has 1 aliphatic rings. The Bertz CT molecular complexity index is 302. The van der Waals surface area contributed by atoms with Gasteiger partial charge in [-0.15, -0.1) is 0 Å². The maximum Gasteiger partial charge on any atom is 0.409 e. The standard InChI is InChI=1S/C13H25N3O3/c1-4-11(3)14-12(17)10-15-6-8-16(9-7-15)13(18)19-5-2/h11H,4-10H2,1-3H3,(H,14,17). The van der Waals surface area contributed by atoms with Crippen LogP contribution in [0.1, 0.15) is 27.2 Å². The topological polar surface area (TPSA) is 61.9 Å². The zero-order valence-corrected chi connectivity index (χ0v) is 12.1. The smallest absolute Gasteiger partial charge is 0.409 e. The van der Waals surface area contributed by atoms with E-state index in [0.717, 1.165) is 6.42 Å². The van der Waals surface area contributed by atoms with Gasteiger partial charge in [0.2, 0.25) is 5.91 Å². The summed E-state index contributed by atoms with van der Waals surface area (Å²) in [5, 5.41) is 2.95. The zero-order valence-electron chi connectivity index (χ0n) is 12.1. The Hall–Kier alpha value is -1.30. The Morgan fingerprint density at radius 3 is 2.37 bits per heavy atom. The zero-order chi connectivity index (χ0) is 14.3. The molecule has 1 atom stereocenters. The number of carbonyl (C=O) groups is 2.